The van der Waals surface area contributed by atoms with Crippen LogP contribution >= 0.6 is 0 Å². The van der Waals surface area contributed by atoms with Gasteiger partial charge in [0.1, 0.15) is 0 Å². The Labute approximate surface area is 210 Å². The first-order valence-electron chi connectivity index (χ1n) is 11.7. The van der Waals surface area contributed by atoms with Crippen molar-refractivity contribution in [2.45, 2.75) is 32.3 Å². The third-order valence-electron chi connectivity index (χ3n) is 6.30. The normalized spacial score (nSPS) is 15.8. The maximum atomic E-state index is 14.9. The standard InChI is InChI=1S/C29H24F6O2/c1-3-17-5-11-20(12-6-17)29(34,35)37-24-16-14-22(26(31)28(24)33)19-9-7-18(8-10-19)21-13-15-23(36-4-2)27(32)25(21)30/h3,7-11,13-17H,1,4-6,12H2,2H3. The van der Waals surface area contributed by atoms with Crippen LogP contribution in [0.15, 0.2) is 72.8 Å². The molecule has 0 radical (unpaired) electrons. The predicted molar refractivity (Wildman–Crippen MR) is 130 cm³/mol. The summed E-state index contributed by atoms with van der Waals surface area (Å²) in [4.78, 5) is 0. The third-order valence-corrected chi connectivity index (χ3v) is 6.30. The molecule has 3 aromatic rings. The molecule has 0 fully saturated rings. The van der Waals surface area contributed by atoms with E-state index in [1.54, 1.807) is 13.0 Å². The van der Waals surface area contributed by atoms with Crippen molar-refractivity contribution in [3.8, 4) is 33.8 Å². The first-order chi connectivity index (χ1) is 17.7. The number of ether oxygens (including phenoxy) is 2. The van der Waals surface area contributed by atoms with E-state index in [2.05, 4.69) is 11.3 Å². The minimum absolute atomic E-state index is 0.0402. The lowest BCUT2D eigenvalue weighted by atomic mass is 9.89. The zero-order chi connectivity index (χ0) is 26.7. The van der Waals surface area contributed by atoms with Crippen LogP contribution in [0.25, 0.3) is 22.3 Å². The molecule has 1 atom stereocenters. The number of halogens is 6. The van der Waals surface area contributed by atoms with Gasteiger partial charge in [-0.15, -0.1) is 6.58 Å². The summed E-state index contributed by atoms with van der Waals surface area (Å²) in [6.07, 6.45) is 0.138. The van der Waals surface area contributed by atoms with Gasteiger partial charge in [-0.1, -0.05) is 36.4 Å². The van der Waals surface area contributed by atoms with E-state index in [0.29, 0.717) is 18.4 Å². The first kappa shape index (κ1) is 26.4. The zero-order valence-corrected chi connectivity index (χ0v) is 20.0. The van der Waals surface area contributed by atoms with E-state index in [1.807, 2.05) is 0 Å². The molecule has 1 unspecified atom stereocenters. The summed E-state index contributed by atoms with van der Waals surface area (Å²) in [6, 6.07) is 10.3. The molecule has 4 rings (SSSR count). The average molecular weight is 518 g/mol. The second kappa shape index (κ2) is 10.7. The van der Waals surface area contributed by atoms with Crippen molar-refractivity contribution >= 4 is 0 Å². The number of allylic oxidation sites excluding steroid dienone is 2. The van der Waals surface area contributed by atoms with Gasteiger partial charge in [-0.05, 0) is 67.5 Å². The van der Waals surface area contributed by atoms with E-state index in [4.69, 9.17) is 4.74 Å². The molecule has 3 aromatic carbocycles. The van der Waals surface area contributed by atoms with Crippen molar-refractivity contribution in [2.75, 3.05) is 6.61 Å². The van der Waals surface area contributed by atoms with Crippen LogP contribution in [0, 0.1) is 29.2 Å². The SMILES string of the molecule is C=CC1CC=C(C(F)(F)Oc2ccc(-c3ccc(-c4ccc(OCC)c(F)c4F)cc3)c(F)c2F)CC1. The lowest BCUT2D eigenvalue weighted by Crippen LogP contribution is -2.29. The van der Waals surface area contributed by atoms with Gasteiger partial charge in [0.25, 0.3) is 0 Å². The van der Waals surface area contributed by atoms with Crippen LogP contribution in [-0.4, -0.2) is 12.7 Å². The largest absolute Gasteiger partial charge is 0.491 e. The van der Waals surface area contributed by atoms with Gasteiger partial charge in [-0.3, -0.25) is 0 Å². The minimum atomic E-state index is -3.79. The molecule has 0 bridgehead atoms. The Morgan fingerprint density at radius 1 is 0.838 bits per heavy atom. The summed E-state index contributed by atoms with van der Waals surface area (Å²) in [5.41, 5.74) is -0.0350. The Balaban J connectivity index is 1.56. The van der Waals surface area contributed by atoms with Crippen molar-refractivity contribution < 1.29 is 35.8 Å². The van der Waals surface area contributed by atoms with Gasteiger partial charge in [0.15, 0.2) is 23.1 Å². The monoisotopic (exact) mass is 518 g/mol. The molecule has 0 saturated carbocycles. The molecular weight excluding hydrogens is 494 g/mol. The number of benzene rings is 3. The molecule has 2 nitrogen and oxygen atoms in total. The topological polar surface area (TPSA) is 18.5 Å². The highest BCUT2D eigenvalue weighted by molar-refractivity contribution is 5.72. The van der Waals surface area contributed by atoms with E-state index in [9.17, 15) is 26.3 Å². The molecule has 0 N–H and O–H groups in total. The third kappa shape index (κ3) is 5.38. The molecule has 0 amide bonds. The van der Waals surface area contributed by atoms with Gasteiger partial charge in [0.05, 0.1) is 6.61 Å². The lowest BCUT2D eigenvalue weighted by molar-refractivity contribution is -0.147. The summed E-state index contributed by atoms with van der Waals surface area (Å²) in [5, 5.41) is 0. The smallest absolute Gasteiger partial charge is 0.422 e. The maximum Gasteiger partial charge on any atom is 0.422 e. The van der Waals surface area contributed by atoms with Crippen LogP contribution in [0.4, 0.5) is 26.3 Å². The van der Waals surface area contributed by atoms with Crippen LogP contribution in [0.5, 0.6) is 11.5 Å². The van der Waals surface area contributed by atoms with Crippen LogP contribution < -0.4 is 9.47 Å². The van der Waals surface area contributed by atoms with E-state index in [-0.39, 0.29) is 47.0 Å². The molecule has 8 heteroatoms. The molecule has 0 aromatic heterocycles. The molecule has 0 aliphatic heterocycles. The van der Waals surface area contributed by atoms with Crippen molar-refractivity contribution in [3.63, 3.8) is 0 Å². The molecule has 0 saturated heterocycles. The first-order valence-corrected chi connectivity index (χ1v) is 11.7. The Kier molecular flexibility index (Phi) is 7.66. The highest BCUT2D eigenvalue weighted by atomic mass is 19.3. The van der Waals surface area contributed by atoms with Gasteiger partial charge >= 0.3 is 6.11 Å². The summed E-state index contributed by atoms with van der Waals surface area (Å²) in [7, 11) is 0. The van der Waals surface area contributed by atoms with E-state index in [0.717, 1.165) is 12.1 Å². The molecule has 194 valence electrons. The molecule has 0 spiro atoms. The quantitative estimate of drug-likeness (QED) is 0.219. The van der Waals surface area contributed by atoms with Crippen LogP contribution in [0.1, 0.15) is 26.2 Å². The van der Waals surface area contributed by atoms with Gasteiger partial charge in [-0.25, -0.2) is 8.78 Å². The van der Waals surface area contributed by atoms with Gasteiger partial charge < -0.3 is 9.47 Å². The van der Waals surface area contributed by atoms with E-state index < -0.39 is 35.1 Å². The van der Waals surface area contributed by atoms with Gasteiger partial charge in [0.2, 0.25) is 11.6 Å². The second-order valence-corrected chi connectivity index (χ2v) is 8.61. The number of hydrogen-bond donors (Lipinski definition) is 0. The summed E-state index contributed by atoms with van der Waals surface area (Å²) in [6.45, 7) is 5.47. The Morgan fingerprint density at radius 2 is 1.38 bits per heavy atom. The fourth-order valence-corrected chi connectivity index (χ4v) is 4.22. The number of alkyl halides is 2. The summed E-state index contributed by atoms with van der Waals surface area (Å²) in [5.74, 6) is -6.21. The Hall–Kier alpha value is -3.68. The summed E-state index contributed by atoms with van der Waals surface area (Å²) < 4.78 is 97.2. The van der Waals surface area contributed by atoms with Crippen molar-refractivity contribution in [3.05, 3.63) is 96.1 Å². The van der Waals surface area contributed by atoms with Crippen LogP contribution in [0.3, 0.4) is 0 Å². The fraction of sp³-hybridized carbons (Fsp3) is 0.241. The molecular formula is C29H24F6O2. The highest BCUT2D eigenvalue weighted by Crippen LogP contribution is 2.39. The minimum Gasteiger partial charge on any atom is -0.491 e. The molecule has 0 heterocycles. The second-order valence-electron chi connectivity index (χ2n) is 8.61. The summed E-state index contributed by atoms with van der Waals surface area (Å²) >= 11 is 0. The molecule has 1 aliphatic carbocycles. The Morgan fingerprint density at radius 3 is 1.86 bits per heavy atom. The lowest BCUT2D eigenvalue weighted by Gasteiger charge is -2.26. The van der Waals surface area contributed by atoms with Crippen molar-refractivity contribution in [2.24, 2.45) is 5.92 Å². The molecule has 37 heavy (non-hydrogen) atoms. The highest BCUT2D eigenvalue weighted by Gasteiger charge is 2.39. The van der Waals surface area contributed by atoms with Gasteiger partial charge in [-0.2, -0.15) is 17.6 Å². The number of hydrogen-bond acceptors (Lipinski definition) is 2. The number of rotatable bonds is 8. The maximum absolute atomic E-state index is 14.9. The van der Waals surface area contributed by atoms with Crippen molar-refractivity contribution in [1.82, 2.24) is 0 Å². The predicted octanol–water partition coefficient (Wildman–Crippen LogP) is 8.86. The van der Waals surface area contributed by atoms with E-state index >= 15 is 0 Å². The van der Waals surface area contributed by atoms with Crippen LogP contribution in [-0.2, 0) is 0 Å². The van der Waals surface area contributed by atoms with Crippen LogP contribution in [0.2, 0.25) is 0 Å². The van der Waals surface area contributed by atoms with Gasteiger partial charge in [0, 0.05) is 16.7 Å². The van der Waals surface area contributed by atoms with Crippen molar-refractivity contribution in [1.29, 1.82) is 0 Å². The zero-order valence-electron chi connectivity index (χ0n) is 20.0. The average Bonchev–Trinajstić information content (AvgIpc) is 2.90. The fourth-order valence-electron chi connectivity index (χ4n) is 4.22. The molecule has 1 aliphatic rings. The Bertz CT molecular complexity index is 1330. The van der Waals surface area contributed by atoms with E-state index in [1.165, 1.54) is 42.5 Å².